The summed E-state index contributed by atoms with van der Waals surface area (Å²) >= 11 is 1.28. The van der Waals surface area contributed by atoms with E-state index in [0.29, 0.717) is 21.0 Å². The van der Waals surface area contributed by atoms with Crippen LogP contribution in [-0.2, 0) is 16.2 Å². The molecule has 1 heterocycles. The Hall–Kier alpha value is -3.70. The molecule has 3 rings (SSSR count). The Kier molecular flexibility index (Phi) is 6.78. The SMILES string of the molecule is CNC(=O)/C(=N/OC)c1ccccc1COc1nc(-c2ccc(C)cc2)sc1C#N. The van der Waals surface area contributed by atoms with Crippen LogP contribution in [0.1, 0.15) is 21.6 Å². The maximum absolute atomic E-state index is 12.2. The van der Waals surface area contributed by atoms with Gasteiger partial charge in [0.1, 0.15) is 24.8 Å². The lowest BCUT2D eigenvalue weighted by atomic mass is 10.0. The summed E-state index contributed by atoms with van der Waals surface area (Å²) in [6.45, 7) is 2.12. The number of oxime groups is 1. The van der Waals surface area contributed by atoms with Crippen LogP contribution >= 0.6 is 11.3 Å². The predicted molar refractivity (Wildman–Crippen MR) is 115 cm³/mol. The summed E-state index contributed by atoms with van der Waals surface area (Å²) in [5, 5.41) is 16.6. The minimum absolute atomic E-state index is 0.113. The Morgan fingerprint density at radius 2 is 1.97 bits per heavy atom. The molecule has 0 bridgehead atoms. The van der Waals surface area contributed by atoms with E-state index in [-0.39, 0.29) is 24.1 Å². The number of benzene rings is 2. The Morgan fingerprint density at radius 1 is 1.23 bits per heavy atom. The van der Waals surface area contributed by atoms with Crippen molar-refractivity contribution in [2.24, 2.45) is 5.16 Å². The van der Waals surface area contributed by atoms with E-state index >= 15 is 0 Å². The van der Waals surface area contributed by atoms with E-state index in [4.69, 9.17) is 9.57 Å². The van der Waals surface area contributed by atoms with E-state index in [1.165, 1.54) is 25.5 Å². The third kappa shape index (κ3) is 4.64. The number of carbonyl (C=O) groups is 1. The van der Waals surface area contributed by atoms with Crippen molar-refractivity contribution in [3.63, 3.8) is 0 Å². The van der Waals surface area contributed by atoms with Crippen molar-refractivity contribution in [1.29, 1.82) is 5.26 Å². The minimum atomic E-state index is -0.377. The van der Waals surface area contributed by atoms with E-state index < -0.39 is 0 Å². The topological polar surface area (TPSA) is 96.6 Å². The first-order chi connectivity index (χ1) is 14.6. The van der Waals surface area contributed by atoms with Gasteiger partial charge in [-0.1, -0.05) is 70.6 Å². The molecule has 2 aromatic carbocycles. The van der Waals surface area contributed by atoms with Gasteiger partial charge in [0.25, 0.3) is 5.91 Å². The summed E-state index contributed by atoms with van der Waals surface area (Å²) in [6.07, 6.45) is 0. The van der Waals surface area contributed by atoms with Crippen molar-refractivity contribution in [3.8, 4) is 22.5 Å². The molecule has 30 heavy (non-hydrogen) atoms. The normalized spacial score (nSPS) is 10.9. The molecule has 0 aliphatic carbocycles. The molecule has 0 spiro atoms. The molecule has 0 fully saturated rings. The van der Waals surface area contributed by atoms with Gasteiger partial charge >= 0.3 is 0 Å². The van der Waals surface area contributed by atoms with E-state index in [1.807, 2.05) is 43.3 Å². The molecule has 0 atom stereocenters. The third-order valence-corrected chi connectivity index (χ3v) is 5.25. The molecule has 0 radical (unpaired) electrons. The molecule has 0 saturated carbocycles. The quantitative estimate of drug-likeness (QED) is 0.465. The second kappa shape index (κ2) is 9.67. The molecule has 1 amide bonds. The average Bonchev–Trinajstić information content (AvgIpc) is 3.19. The van der Waals surface area contributed by atoms with Crippen LogP contribution in [-0.4, -0.2) is 30.8 Å². The number of likely N-dealkylation sites (N-methyl/N-ethyl adjacent to an activating group) is 1. The number of aryl methyl sites for hydroxylation is 1. The Bertz CT molecular complexity index is 1110. The monoisotopic (exact) mass is 420 g/mol. The van der Waals surface area contributed by atoms with Gasteiger partial charge in [0.2, 0.25) is 5.88 Å². The molecule has 3 aromatic rings. The van der Waals surface area contributed by atoms with Crippen LogP contribution in [0.25, 0.3) is 10.6 Å². The number of nitrogens with one attached hydrogen (secondary N) is 1. The molecule has 7 nitrogen and oxygen atoms in total. The zero-order chi connectivity index (χ0) is 21.5. The number of nitrogens with zero attached hydrogens (tertiary/aromatic N) is 3. The highest BCUT2D eigenvalue weighted by molar-refractivity contribution is 7.15. The van der Waals surface area contributed by atoms with Gasteiger partial charge in [0.15, 0.2) is 10.6 Å². The first-order valence-corrected chi connectivity index (χ1v) is 9.91. The molecule has 8 heteroatoms. The largest absolute Gasteiger partial charge is 0.471 e. The van der Waals surface area contributed by atoms with Gasteiger partial charge in [-0.15, -0.1) is 0 Å². The fourth-order valence-electron chi connectivity index (χ4n) is 2.74. The third-order valence-electron chi connectivity index (χ3n) is 4.26. The molecule has 0 saturated heterocycles. The van der Waals surface area contributed by atoms with Crippen LogP contribution in [0, 0.1) is 18.3 Å². The van der Waals surface area contributed by atoms with Crippen molar-refractivity contribution in [2.75, 3.05) is 14.2 Å². The number of carbonyl (C=O) groups excluding carboxylic acids is 1. The van der Waals surface area contributed by atoms with Crippen LogP contribution in [0.2, 0.25) is 0 Å². The number of aromatic nitrogens is 1. The number of hydrogen-bond acceptors (Lipinski definition) is 7. The van der Waals surface area contributed by atoms with Crippen LogP contribution in [0.3, 0.4) is 0 Å². The van der Waals surface area contributed by atoms with E-state index in [2.05, 4.69) is 21.5 Å². The van der Waals surface area contributed by atoms with Crippen LogP contribution < -0.4 is 10.1 Å². The van der Waals surface area contributed by atoms with Crippen molar-refractivity contribution >= 4 is 23.0 Å². The number of amides is 1. The highest BCUT2D eigenvalue weighted by Crippen LogP contribution is 2.32. The molecule has 1 N–H and O–H groups in total. The zero-order valence-electron chi connectivity index (χ0n) is 16.8. The maximum atomic E-state index is 12.2. The first-order valence-electron chi connectivity index (χ1n) is 9.09. The highest BCUT2D eigenvalue weighted by atomic mass is 32.1. The van der Waals surface area contributed by atoms with Gasteiger partial charge in [-0.05, 0) is 12.5 Å². The number of thiazole rings is 1. The van der Waals surface area contributed by atoms with Gasteiger partial charge in [-0.3, -0.25) is 4.79 Å². The maximum Gasteiger partial charge on any atom is 0.273 e. The van der Waals surface area contributed by atoms with Gasteiger partial charge in [0, 0.05) is 18.2 Å². The Morgan fingerprint density at radius 3 is 2.63 bits per heavy atom. The second-order valence-corrected chi connectivity index (χ2v) is 7.28. The lowest BCUT2D eigenvalue weighted by Gasteiger charge is -2.11. The standard InChI is InChI=1S/C22H20N4O3S/c1-14-8-10-15(11-9-14)22-25-21(18(12-23)30-22)29-13-16-6-4-5-7-17(16)19(26-28-3)20(27)24-2/h4-11H,13H2,1-3H3,(H,24,27)/b26-19+. The molecule has 1 aromatic heterocycles. The molecular formula is C22H20N4O3S. The summed E-state index contributed by atoms with van der Waals surface area (Å²) in [6, 6.07) is 17.3. The van der Waals surface area contributed by atoms with Crippen LogP contribution in [0.5, 0.6) is 5.88 Å². The zero-order valence-corrected chi connectivity index (χ0v) is 17.6. The molecule has 0 aliphatic heterocycles. The number of ether oxygens (including phenoxy) is 1. The fourth-order valence-corrected chi connectivity index (χ4v) is 3.55. The van der Waals surface area contributed by atoms with Crippen LogP contribution in [0.4, 0.5) is 0 Å². The molecular weight excluding hydrogens is 400 g/mol. The first kappa shape index (κ1) is 21.0. The van der Waals surface area contributed by atoms with Gasteiger partial charge < -0.3 is 14.9 Å². The average molecular weight is 420 g/mol. The Labute approximate surface area is 178 Å². The smallest absolute Gasteiger partial charge is 0.273 e. The second-order valence-electron chi connectivity index (χ2n) is 6.28. The van der Waals surface area contributed by atoms with E-state index in [0.717, 1.165) is 11.1 Å². The summed E-state index contributed by atoms with van der Waals surface area (Å²) in [7, 11) is 2.90. The minimum Gasteiger partial charge on any atom is -0.471 e. The van der Waals surface area contributed by atoms with Gasteiger partial charge in [-0.2, -0.15) is 5.26 Å². The van der Waals surface area contributed by atoms with Gasteiger partial charge in [0.05, 0.1) is 0 Å². The van der Waals surface area contributed by atoms with Crippen molar-refractivity contribution < 1.29 is 14.4 Å². The van der Waals surface area contributed by atoms with Crippen molar-refractivity contribution in [3.05, 3.63) is 70.1 Å². The van der Waals surface area contributed by atoms with Crippen molar-refractivity contribution in [1.82, 2.24) is 10.3 Å². The summed E-state index contributed by atoms with van der Waals surface area (Å²) in [5.41, 5.74) is 3.50. The highest BCUT2D eigenvalue weighted by Gasteiger charge is 2.19. The Balaban J connectivity index is 1.88. The van der Waals surface area contributed by atoms with Gasteiger partial charge in [-0.25, -0.2) is 4.98 Å². The predicted octanol–water partition coefficient (Wildman–Crippen LogP) is 3.67. The summed E-state index contributed by atoms with van der Waals surface area (Å²) in [4.78, 5) is 21.9. The van der Waals surface area contributed by atoms with E-state index in [9.17, 15) is 10.1 Å². The lowest BCUT2D eigenvalue weighted by molar-refractivity contribution is -0.114. The molecule has 0 aliphatic rings. The fraction of sp³-hybridized carbons (Fsp3) is 0.182. The summed E-state index contributed by atoms with van der Waals surface area (Å²) in [5.74, 6) is -0.115. The number of rotatable bonds is 7. The number of nitriles is 1. The molecule has 0 unspecified atom stereocenters. The molecule has 152 valence electrons. The van der Waals surface area contributed by atoms with Crippen LogP contribution in [0.15, 0.2) is 53.7 Å². The summed E-state index contributed by atoms with van der Waals surface area (Å²) < 4.78 is 5.87. The van der Waals surface area contributed by atoms with Crippen molar-refractivity contribution in [2.45, 2.75) is 13.5 Å². The number of hydrogen-bond donors (Lipinski definition) is 1. The lowest BCUT2D eigenvalue weighted by Crippen LogP contribution is -2.29. The van der Waals surface area contributed by atoms with E-state index in [1.54, 1.807) is 12.1 Å².